The molecule has 128 valence electrons. The van der Waals surface area contributed by atoms with Gasteiger partial charge in [-0.2, -0.15) is 0 Å². The van der Waals surface area contributed by atoms with Crippen molar-refractivity contribution in [2.75, 3.05) is 33.2 Å². The van der Waals surface area contributed by atoms with Crippen LogP contribution >= 0.6 is 0 Å². The van der Waals surface area contributed by atoms with Gasteiger partial charge in [0.2, 0.25) is 5.91 Å². The van der Waals surface area contributed by atoms with Gasteiger partial charge in [-0.3, -0.25) is 4.79 Å². The highest BCUT2D eigenvalue weighted by Crippen LogP contribution is 2.17. The molecule has 0 saturated carbocycles. The van der Waals surface area contributed by atoms with E-state index in [1.807, 2.05) is 0 Å². The number of likely N-dealkylation sites (N-methyl/N-ethyl adjacent to an activating group) is 1. The summed E-state index contributed by atoms with van der Waals surface area (Å²) >= 11 is 0. The Morgan fingerprint density at radius 2 is 1.70 bits per heavy atom. The molecule has 0 spiro atoms. The van der Waals surface area contributed by atoms with Crippen molar-refractivity contribution in [2.24, 2.45) is 0 Å². The summed E-state index contributed by atoms with van der Waals surface area (Å²) in [6.07, 6.45) is 6.84. The molecule has 0 N–H and O–H groups in total. The van der Waals surface area contributed by atoms with Crippen LogP contribution in [0.2, 0.25) is 0 Å². The van der Waals surface area contributed by atoms with E-state index in [-0.39, 0.29) is 0 Å². The highest BCUT2D eigenvalue weighted by atomic mass is 16.2. The molecule has 0 radical (unpaired) electrons. The number of piperazine rings is 1. The van der Waals surface area contributed by atoms with Gasteiger partial charge >= 0.3 is 0 Å². The minimum absolute atomic E-state index is 0.368. The van der Waals surface area contributed by atoms with E-state index in [2.05, 4.69) is 49.2 Å². The van der Waals surface area contributed by atoms with Crippen molar-refractivity contribution in [1.29, 1.82) is 0 Å². The maximum absolute atomic E-state index is 12.3. The number of quaternary nitrogens is 1. The predicted octanol–water partition coefficient (Wildman–Crippen LogP) is 3.84. The molecule has 23 heavy (non-hydrogen) atoms. The third-order valence-corrected chi connectivity index (χ3v) is 5.07. The Morgan fingerprint density at radius 1 is 1.04 bits per heavy atom. The highest BCUT2D eigenvalue weighted by Gasteiger charge is 2.30. The molecule has 1 fully saturated rings. The highest BCUT2D eigenvalue weighted by molar-refractivity contribution is 5.76. The number of hydrogen-bond donors (Lipinski definition) is 0. The number of amides is 1. The molecule has 0 aliphatic carbocycles. The van der Waals surface area contributed by atoms with E-state index in [0.29, 0.717) is 5.91 Å². The van der Waals surface area contributed by atoms with E-state index in [1.165, 1.54) is 31.2 Å². The minimum atomic E-state index is 0.368. The normalized spacial score (nSPS) is 17.2. The second-order valence-electron chi connectivity index (χ2n) is 7.26. The topological polar surface area (TPSA) is 20.3 Å². The van der Waals surface area contributed by atoms with Crippen molar-refractivity contribution < 1.29 is 9.28 Å². The minimum Gasteiger partial charge on any atom is -0.331 e. The average Bonchev–Trinajstić information content (AvgIpc) is 2.56. The smallest absolute Gasteiger partial charge is 0.222 e. The number of carbonyl (C=O) groups is 1. The molecule has 2 rings (SSSR count). The lowest BCUT2D eigenvalue weighted by molar-refractivity contribution is -0.926. The van der Waals surface area contributed by atoms with Gasteiger partial charge in [0.05, 0.1) is 33.2 Å². The fraction of sp³-hybridized carbons (Fsp3) is 0.650. The molecule has 3 heteroatoms. The molecular formula is C20H33N2O+. The molecule has 0 atom stereocenters. The van der Waals surface area contributed by atoms with Gasteiger partial charge in [0, 0.05) is 12.0 Å². The molecule has 1 heterocycles. The van der Waals surface area contributed by atoms with Gasteiger partial charge in [-0.25, -0.2) is 0 Å². The molecule has 1 aliphatic heterocycles. The van der Waals surface area contributed by atoms with Crippen molar-refractivity contribution in [2.45, 2.75) is 52.0 Å². The molecule has 3 nitrogen and oxygen atoms in total. The predicted molar refractivity (Wildman–Crippen MR) is 96.0 cm³/mol. The number of benzene rings is 1. The van der Waals surface area contributed by atoms with Crippen molar-refractivity contribution >= 4 is 5.91 Å². The Kier molecular flexibility index (Phi) is 7.10. The first-order valence-electron chi connectivity index (χ1n) is 9.28. The molecule has 1 aromatic carbocycles. The van der Waals surface area contributed by atoms with Crippen LogP contribution in [0.25, 0.3) is 0 Å². The molecule has 0 bridgehead atoms. The number of hydrogen-bond acceptors (Lipinski definition) is 1. The van der Waals surface area contributed by atoms with Crippen LogP contribution in [0.5, 0.6) is 0 Å². The lowest BCUT2D eigenvalue weighted by atomic mass is 10.1. The van der Waals surface area contributed by atoms with Gasteiger partial charge in [0.25, 0.3) is 0 Å². The molecule has 1 aromatic rings. The van der Waals surface area contributed by atoms with Gasteiger partial charge in [0.15, 0.2) is 0 Å². The first-order valence-corrected chi connectivity index (χ1v) is 9.28. The number of unbranched alkanes of at least 4 members (excludes halogenated alkanes) is 4. The Hall–Kier alpha value is -1.35. The molecule has 0 aromatic heterocycles. The zero-order valence-electron chi connectivity index (χ0n) is 15.0. The Morgan fingerprint density at radius 3 is 2.35 bits per heavy atom. The Bertz CT molecular complexity index is 464. The summed E-state index contributed by atoms with van der Waals surface area (Å²) in [5.74, 6) is 0.368. The third kappa shape index (κ3) is 5.98. The van der Waals surface area contributed by atoms with Gasteiger partial charge in [0.1, 0.15) is 6.54 Å². The lowest BCUT2D eigenvalue weighted by Crippen LogP contribution is -2.57. The van der Waals surface area contributed by atoms with Crippen LogP contribution in [0.3, 0.4) is 0 Å². The largest absolute Gasteiger partial charge is 0.331 e. The van der Waals surface area contributed by atoms with Crippen LogP contribution < -0.4 is 0 Å². The van der Waals surface area contributed by atoms with Crippen LogP contribution in [-0.4, -0.2) is 48.5 Å². The monoisotopic (exact) mass is 317 g/mol. The summed E-state index contributed by atoms with van der Waals surface area (Å²) in [5, 5.41) is 0. The van der Waals surface area contributed by atoms with Gasteiger partial charge in [-0.05, 0) is 6.42 Å². The second-order valence-corrected chi connectivity index (χ2v) is 7.26. The van der Waals surface area contributed by atoms with Crippen molar-refractivity contribution in [3.63, 3.8) is 0 Å². The average molecular weight is 317 g/mol. The van der Waals surface area contributed by atoms with Gasteiger partial charge in [-0.1, -0.05) is 62.9 Å². The third-order valence-electron chi connectivity index (χ3n) is 5.07. The summed E-state index contributed by atoms with van der Waals surface area (Å²) in [4.78, 5) is 14.4. The maximum Gasteiger partial charge on any atom is 0.222 e. The molecule has 1 amide bonds. The van der Waals surface area contributed by atoms with Crippen molar-refractivity contribution in [3.8, 4) is 0 Å². The van der Waals surface area contributed by atoms with Crippen LogP contribution in [0.4, 0.5) is 0 Å². The van der Waals surface area contributed by atoms with E-state index >= 15 is 0 Å². The number of carbonyl (C=O) groups excluding carboxylic acids is 1. The van der Waals surface area contributed by atoms with Crippen LogP contribution in [0, 0.1) is 0 Å². The fourth-order valence-electron chi connectivity index (χ4n) is 3.42. The van der Waals surface area contributed by atoms with E-state index in [0.717, 1.165) is 50.0 Å². The summed E-state index contributed by atoms with van der Waals surface area (Å²) in [5.41, 5.74) is 1.39. The first kappa shape index (κ1) is 18.0. The molecular weight excluding hydrogens is 284 g/mol. The summed E-state index contributed by atoms with van der Waals surface area (Å²) in [6, 6.07) is 10.7. The van der Waals surface area contributed by atoms with E-state index in [4.69, 9.17) is 0 Å². The first-order chi connectivity index (χ1) is 11.1. The van der Waals surface area contributed by atoms with Crippen LogP contribution in [0.1, 0.15) is 51.0 Å². The Balaban J connectivity index is 1.71. The van der Waals surface area contributed by atoms with E-state index in [1.54, 1.807) is 0 Å². The lowest BCUT2D eigenvalue weighted by Gasteiger charge is -2.42. The molecule has 1 saturated heterocycles. The van der Waals surface area contributed by atoms with E-state index in [9.17, 15) is 4.79 Å². The Labute approximate surface area is 141 Å². The van der Waals surface area contributed by atoms with E-state index < -0.39 is 0 Å². The standard InChI is InChI=1S/C20H33N2O/c1-3-4-5-6-10-13-20(23)21-14-16-22(2,17-15-21)18-19-11-8-7-9-12-19/h7-9,11-12H,3-6,10,13-18H2,1-2H3/q+1. The van der Waals surface area contributed by atoms with Crippen molar-refractivity contribution in [1.82, 2.24) is 4.90 Å². The van der Waals surface area contributed by atoms with Crippen LogP contribution in [0.15, 0.2) is 30.3 Å². The summed E-state index contributed by atoms with van der Waals surface area (Å²) in [6.45, 7) is 7.25. The molecule has 0 unspecified atom stereocenters. The van der Waals surface area contributed by atoms with Crippen LogP contribution in [-0.2, 0) is 11.3 Å². The quantitative estimate of drug-likeness (QED) is 0.527. The molecule has 1 aliphatic rings. The zero-order chi connectivity index (χ0) is 16.5. The van der Waals surface area contributed by atoms with Crippen molar-refractivity contribution in [3.05, 3.63) is 35.9 Å². The zero-order valence-corrected chi connectivity index (χ0v) is 15.0. The van der Waals surface area contributed by atoms with Gasteiger partial charge < -0.3 is 9.38 Å². The summed E-state index contributed by atoms with van der Waals surface area (Å²) < 4.78 is 1.05. The van der Waals surface area contributed by atoms with Gasteiger partial charge in [-0.15, -0.1) is 0 Å². The second kappa shape index (κ2) is 9.07. The maximum atomic E-state index is 12.3. The summed E-state index contributed by atoms with van der Waals surface area (Å²) in [7, 11) is 2.32. The number of rotatable bonds is 8. The fourth-order valence-corrected chi connectivity index (χ4v) is 3.42. The SMILES string of the molecule is CCCCCCCC(=O)N1CC[N+](C)(Cc2ccccc2)CC1. The number of nitrogens with zero attached hydrogens (tertiary/aromatic N) is 2.